The molecule has 8 heteroatoms. The summed E-state index contributed by atoms with van der Waals surface area (Å²) in [4.78, 5) is 0. The van der Waals surface area contributed by atoms with E-state index in [1.54, 1.807) is 30.5 Å². The lowest BCUT2D eigenvalue weighted by atomic mass is 10.2. The third-order valence-electron chi connectivity index (χ3n) is 2.11. The van der Waals surface area contributed by atoms with Crippen molar-refractivity contribution in [1.29, 1.82) is 5.39 Å². The molecule has 1 aromatic carbocycles. The molecule has 2 rings (SSSR count). The third kappa shape index (κ3) is 3.90. The van der Waals surface area contributed by atoms with Crippen LogP contribution in [-0.2, 0) is 0 Å². The summed E-state index contributed by atoms with van der Waals surface area (Å²) in [5, 5.41) is 22.9. The maximum Gasteiger partial charge on any atom is 0.308 e. The molecule has 0 radical (unpaired) electrons. The van der Waals surface area contributed by atoms with Crippen LogP contribution in [0.1, 0.15) is 5.56 Å². The number of hydrazone groups is 1. The Kier molecular flexibility index (Phi) is 4.21. The Morgan fingerprint density at radius 2 is 1.95 bits per heavy atom. The molecule has 0 aliphatic rings. The summed E-state index contributed by atoms with van der Waals surface area (Å²) in [5.74, 6) is 0.498. The first kappa shape index (κ1) is 12.7. The molecule has 2 N–H and O–H groups in total. The second kappa shape index (κ2) is 6.28. The fourth-order valence-electron chi connectivity index (χ4n) is 1.25. The minimum absolute atomic E-state index is 0.326. The van der Waals surface area contributed by atoms with E-state index in [-0.39, 0.29) is 0 Å². The zero-order valence-electron chi connectivity index (χ0n) is 9.66. The summed E-state index contributed by atoms with van der Waals surface area (Å²) in [6.45, 7) is 0. The Morgan fingerprint density at radius 3 is 2.58 bits per heavy atom. The van der Waals surface area contributed by atoms with Gasteiger partial charge in [-0.05, 0) is 35.3 Å². The van der Waals surface area contributed by atoms with Crippen molar-refractivity contribution in [3.05, 3.63) is 52.2 Å². The maximum atomic E-state index is 8.33. The molecule has 19 heavy (non-hydrogen) atoms. The van der Waals surface area contributed by atoms with Crippen LogP contribution in [0.2, 0.25) is 5.15 Å². The highest BCUT2D eigenvalue weighted by Gasteiger charge is 1.96. The van der Waals surface area contributed by atoms with Gasteiger partial charge in [0.05, 0.1) is 6.21 Å². The van der Waals surface area contributed by atoms with Crippen LogP contribution in [0.4, 0.5) is 11.5 Å². The van der Waals surface area contributed by atoms with Crippen molar-refractivity contribution in [2.24, 2.45) is 5.10 Å². The van der Waals surface area contributed by atoms with Gasteiger partial charge in [-0.2, -0.15) is 5.10 Å². The van der Waals surface area contributed by atoms with Crippen LogP contribution in [0.15, 0.2) is 41.5 Å². The number of halogens is 1. The number of benzene rings is 1. The molecule has 1 heterocycles. The molecule has 0 aliphatic heterocycles. The van der Waals surface area contributed by atoms with E-state index in [1.807, 2.05) is 12.1 Å². The zero-order chi connectivity index (χ0) is 13.5. The highest BCUT2D eigenvalue weighted by atomic mass is 35.5. The summed E-state index contributed by atoms with van der Waals surface area (Å²) in [6.07, 6.45) is 1.62. The molecule has 0 saturated carbocycles. The number of anilines is 2. The summed E-state index contributed by atoms with van der Waals surface area (Å²) in [5.41, 5.74) is 6.68. The van der Waals surface area contributed by atoms with Crippen LogP contribution in [0.25, 0.3) is 5.08 Å². The Hall–Kier alpha value is -2.72. The van der Waals surface area contributed by atoms with E-state index in [2.05, 4.69) is 31.2 Å². The Bertz CT molecular complexity index is 600. The summed E-state index contributed by atoms with van der Waals surface area (Å²) in [6, 6.07) is 10.4. The lowest BCUT2D eigenvalue weighted by Crippen LogP contribution is -1.95. The predicted octanol–water partition coefficient (Wildman–Crippen LogP) is 2.76. The van der Waals surface area contributed by atoms with Gasteiger partial charge in [0, 0.05) is 0 Å². The van der Waals surface area contributed by atoms with Gasteiger partial charge >= 0.3 is 5.08 Å². The van der Waals surface area contributed by atoms with E-state index in [1.165, 1.54) is 0 Å². The molecule has 0 saturated heterocycles. The molecule has 0 aliphatic carbocycles. The standard InChI is InChI=1S/C11H8ClN7/c12-10-5-6-11(18-16-10)17-14-7-8-1-3-9(4-2-8)15-19-13/h1-7,13H/p+1. The topological polar surface area (TPSA) is 90.3 Å². The van der Waals surface area contributed by atoms with Crippen LogP contribution in [0.3, 0.4) is 0 Å². The van der Waals surface area contributed by atoms with Gasteiger partial charge in [0.1, 0.15) is 5.69 Å². The van der Waals surface area contributed by atoms with Crippen molar-refractivity contribution >= 4 is 29.3 Å². The molecule has 0 amide bonds. The van der Waals surface area contributed by atoms with Crippen molar-refractivity contribution in [3.63, 3.8) is 0 Å². The van der Waals surface area contributed by atoms with Crippen LogP contribution in [-0.4, -0.2) is 16.4 Å². The first-order chi connectivity index (χ1) is 9.28. The number of hydrogen-bond donors (Lipinski definition) is 2. The number of nitrogens with one attached hydrogen (secondary N) is 2. The molecular weight excluding hydrogens is 266 g/mol. The molecule has 0 fully saturated rings. The molecule has 0 unspecified atom stereocenters. The van der Waals surface area contributed by atoms with Gasteiger partial charge < -0.3 is 0 Å². The molecule has 1 aromatic heterocycles. The molecule has 7 nitrogen and oxygen atoms in total. The van der Waals surface area contributed by atoms with Gasteiger partial charge in [0.25, 0.3) is 5.39 Å². The third-order valence-corrected chi connectivity index (χ3v) is 2.32. The van der Waals surface area contributed by atoms with E-state index in [0.717, 1.165) is 5.56 Å². The van der Waals surface area contributed by atoms with Crippen molar-refractivity contribution < 1.29 is 0 Å². The average molecular weight is 275 g/mol. The normalized spacial score (nSPS) is 10.1. The first-order valence-electron chi connectivity index (χ1n) is 5.26. The fraction of sp³-hybridized carbons (Fsp3) is 0. The van der Waals surface area contributed by atoms with Crippen molar-refractivity contribution in [1.82, 2.24) is 10.2 Å². The van der Waals surface area contributed by atoms with Crippen molar-refractivity contribution in [2.45, 2.75) is 0 Å². The number of aromatic nitrogens is 2. The zero-order valence-corrected chi connectivity index (χ0v) is 10.4. The largest absolute Gasteiger partial charge is 0.308 e. The molecular formula is C11H9ClN7+. The summed E-state index contributed by atoms with van der Waals surface area (Å²) >= 11 is 5.61. The lowest BCUT2D eigenvalue weighted by molar-refractivity contribution is 1.02. The highest BCUT2D eigenvalue weighted by molar-refractivity contribution is 6.29. The smallest absolute Gasteiger partial charge is 0.260 e. The fourth-order valence-corrected chi connectivity index (χ4v) is 1.35. The van der Waals surface area contributed by atoms with Gasteiger partial charge in [-0.25, -0.2) is 0 Å². The highest BCUT2D eigenvalue weighted by Crippen LogP contribution is 2.08. The van der Waals surface area contributed by atoms with E-state index in [9.17, 15) is 0 Å². The van der Waals surface area contributed by atoms with Crippen LogP contribution in [0, 0.1) is 5.39 Å². The summed E-state index contributed by atoms with van der Waals surface area (Å²) < 4.78 is 0. The predicted molar refractivity (Wildman–Crippen MR) is 73.4 cm³/mol. The van der Waals surface area contributed by atoms with E-state index < -0.39 is 0 Å². The molecule has 0 bridgehead atoms. The monoisotopic (exact) mass is 274 g/mol. The maximum absolute atomic E-state index is 8.33. The molecule has 0 atom stereocenters. The van der Waals surface area contributed by atoms with Gasteiger partial charge in [0.2, 0.25) is 0 Å². The van der Waals surface area contributed by atoms with Crippen molar-refractivity contribution in [3.8, 4) is 0 Å². The second-order valence-electron chi connectivity index (χ2n) is 3.45. The SMILES string of the molecule is N#[N+]Nc1ccc(C=NNc2ccc(Cl)nn2)cc1. The van der Waals surface area contributed by atoms with Gasteiger partial charge in [-0.15, -0.1) is 10.2 Å². The van der Waals surface area contributed by atoms with Crippen molar-refractivity contribution in [2.75, 3.05) is 10.9 Å². The quantitative estimate of drug-likeness (QED) is 0.508. The molecule has 94 valence electrons. The van der Waals surface area contributed by atoms with E-state index in [4.69, 9.17) is 17.0 Å². The van der Waals surface area contributed by atoms with E-state index >= 15 is 0 Å². The Balaban J connectivity index is 1.95. The molecule has 2 aromatic rings. The van der Waals surface area contributed by atoms with Gasteiger partial charge in [-0.1, -0.05) is 23.7 Å². The Labute approximate surface area is 113 Å². The number of hydrogen-bond acceptors (Lipinski definition) is 6. The number of diazo groups is 1. The number of nitrogens with zero attached hydrogens (tertiary/aromatic N) is 5. The number of rotatable bonds is 4. The first-order valence-corrected chi connectivity index (χ1v) is 5.64. The minimum atomic E-state index is 0.326. The average Bonchev–Trinajstić information content (AvgIpc) is 2.43. The van der Waals surface area contributed by atoms with Gasteiger partial charge in [0.15, 0.2) is 11.0 Å². The van der Waals surface area contributed by atoms with Crippen LogP contribution < -0.4 is 10.9 Å². The Morgan fingerprint density at radius 1 is 1.16 bits per heavy atom. The van der Waals surface area contributed by atoms with E-state index in [0.29, 0.717) is 16.7 Å². The minimum Gasteiger partial charge on any atom is -0.260 e. The lowest BCUT2D eigenvalue weighted by Gasteiger charge is -1.97. The van der Waals surface area contributed by atoms with Crippen LogP contribution in [0.5, 0.6) is 0 Å². The van der Waals surface area contributed by atoms with Crippen LogP contribution >= 0.6 is 11.6 Å². The summed E-state index contributed by atoms with van der Waals surface area (Å²) in [7, 11) is 0. The van der Waals surface area contributed by atoms with Gasteiger partial charge in [-0.3, -0.25) is 5.43 Å². The molecule has 0 spiro atoms. The second-order valence-corrected chi connectivity index (χ2v) is 3.83.